The standard InChI is InChI=1S/C18H25ClO/c1-2-3-4-5-14-6-8-15(9-7-14)16-10-12-17(13-11-16)18(19)20/h10-15H,2-9H2,1H3/t14-,15-. The summed E-state index contributed by atoms with van der Waals surface area (Å²) in [5.74, 6) is 1.62. The lowest BCUT2D eigenvalue weighted by Crippen LogP contribution is -2.13. The van der Waals surface area contributed by atoms with Gasteiger partial charge in [0.1, 0.15) is 0 Å². The second-order valence-corrected chi connectivity index (χ2v) is 6.45. The third-order valence-electron chi connectivity index (χ3n) is 4.67. The van der Waals surface area contributed by atoms with Crippen LogP contribution in [-0.4, -0.2) is 5.24 Å². The summed E-state index contributed by atoms with van der Waals surface area (Å²) in [5.41, 5.74) is 1.97. The van der Waals surface area contributed by atoms with Gasteiger partial charge in [0, 0.05) is 5.56 Å². The Morgan fingerprint density at radius 1 is 1.10 bits per heavy atom. The van der Waals surface area contributed by atoms with E-state index in [-0.39, 0.29) is 5.24 Å². The van der Waals surface area contributed by atoms with Gasteiger partial charge in [0.2, 0.25) is 0 Å². The first-order chi connectivity index (χ1) is 9.70. The molecule has 1 saturated carbocycles. The molecule has 0 saturated heterocycles. The van der Waals surface area contributed by atoms with Crippen molar-refractivity contribution in [3.63, 3.8) is 0 Å². The highest BCUT2D eigenvalue weighted by Gasteiger charge is 2.22. The van der Waals surface area contributed by atoms with Gasteiger partial charge in [-0.15, -0.1) is 0 Å². The normalized spacial score (nSPS) is 22.7. The van der Waals surface area contributed by atoms with Crippen LogP contribution >= 0.6 is 11.6 Å². The van der Waals surface area contributed by atoms with Gasteiger partial charge in [-0.05, 0) is 66.8 Å². The second kappa shape index (κ2) is 7.83. The van der Waals surface area contributed by atoms with Gasteiger partial charge in [-0.3, -0.25) is 4.79 Å². The van der Waals surface area contributed by atoms with Crippen molar-refractivity contribution in [1.29, 1.82) is 0 Å². The molecule has 0 N–H and O–H groups in total. The van der Waals surface area contributed by atoms with Crippen LogP contribution in [-0.2, 0) is 0 Å². The molecule has 0 atom stereocenters. The van der Waals surface area contributed by atoms with Gasteiger partial charge >= 0.3 is 0 Å². The van der Waals surface area contributed by atoms with Gasteiger partial charge < -0.3 is 0 Å². The Bertz CT molecular complexity index is 416. The average molecular weight is 293 g/mol. The summed E-state index contributed by atoms with van der Waals surface area (Å²) >= 11 is 5.48. The predicted octanol–water partition coefficient (Wildman–Crippen LogP) is 5.92. The minimum absolute atomic E-state index is 0.365. The van der Waals surface area contributed by atoms with Crippen LogP contribution in [0.1, 0.15) is 80.1 Å². The summed E-state index contributed by atoms with van der Waals surface area (Å²) in [6, 6.07) is 7.88. The molecule has 2 heteroatoms. The van der Waals surface area contributed by atoms with Crippen LogP contribution in [0.4, 0.5) is 0 Å². The number of halogens is 1. The number of benzene rings is 1. The van der Waals surface area contributed by atoms with Crippen molar-refractivity contribution in [1.82, 2.24) is 0 Å². The van der Waals surface area contributed by atoms with E-state index >= 15 is 0 Å². The second-order valence-electron chi connectivity index (χ2n) is 6.11. The van der Waals surface area contributed by atoms with E-state index in [1.54, 1.807) is 0 Å². The molecule has 0 bridgehead atoms. The molecule has 1 aromatic rings. The van der Waals surface area contributed by atoms with Crippen molar-refractivity contribution in [3.05, 3.63) is 35.4 Å². The highest BCUT2D eigenvalue weighted by Crippen LogP contribution is 2.37. The summed E-state index contributed by atoms with van der Waals surface area (Å²) < 4.78 is 0. The molecule has 1 aliphatic carbocycles. The fraction of sp³-hybridized carbons (Fsp3) is 0.611. The Morgan fingerprint density at radius 3 is 2.30 bits per heavy atom. The molecule has 1 aliphatic rings. The van der Waals surface area contributed by atoms with Crippen molar-refractivity contribution in [2.75, 3.05) is 0 Å². The first-order valence-electron chi connectivity index (χ1n) is 8.00. The highest BCUT2D eigenvalue weighted by atomic mass is 35.5. The fourth-order valence-corrected chi connectivity index (χ4v) is 3.48. The molecule has 0 radical (unpaired) electrons. The largest absolute Gasteiger partial charge is 0.276 e. The number of carbonyl (C=O) groups excluding carboxylic acids is 1. The van der Waals surface area contributed by atoms with E-state index < -0.39 is 0 Å². The minimum Gasteiger partial charge on any atom is -0.276 e. The molecule has 0 heterocycles. The van der Waals surface area contributed by atoms with E-state index in [0.29, 0.717) is 11.5 Å². The Kier molecular flexibility index (Phi) is 6.09. The van der Waals surface area contributed by atoms with Crippen molar-refractivity contribution in [2.45, 2.75) is 64.2 Å². The Labute approximate surface area is 127 Å². The smallest absolute Gasteiger partial charge is 0.252 e. The van der Waals surface area contributed by atoms with Crippen molar-refractivity contribution >= 4 is 16.8 Å². The first kappa shape index (κ1) is 15.6. The van der Waals surface area contributed by atoms with Gasteiger partial charge in [0.25, 0.3) is 5.24 Å². The van der Waals surface area contributed by atoms with Crippen molar-refractivity contribution in [2.24, 2.45) is 5.92 Å². The van der Waals surface area contributed by atoms with Gasteiger partial charge in [-0.25, -0.2) is 0 Å². The average Bonchev–Trinajstić information content (AvgIpc) is 2.48. The molecule has 0 aromatic heterocycles. The molecule has 110 valence electrons. The number of carbonyl (C=O) groups is 1. The molecular formula is C18H25ClO. The summed E-state index contributed by atoms with van der Waals surface area (Å²) in [4.78, 5) is 11.1. The number of hydrogen-bond donors (Lipinski definition) is 0. The molecule has 0 unspecified atom stereocenters. The molecule has 2 rings (SSSR count). The minimum atomic E-state index is -0.365. The van der Waals surface area contributed by atoms with Gasteiger partial charge in [0.15, 0.2) is 0 Å². The summed E-state index contributed by atoms with van der Waals surface area (Å²) in [7, 11) is 0. The maximum Gasteiger partial charge on any atom is 0.252 e. The van der Waals surface area contributed by atoms with Crippen molar-refractivity contribution in [3.8, 4) is 0 Å². The van der Waals surface area contributed by atoms with E-state index in [4.69, 9.17) is 11.6 Å². The summed E-state index contributed by atoms with van der Waals surface area (Å²) in [5, 5.41) is -0.365. The predicted molar refractivity (Wildman–Crippen MR) is 85.5 cm³/mol. The van der Waals surface area contributed by atoms with Gasteiger partial charge in [-0.1, -0.05) is 44.7 Å². The molecule has 1 aromatic carbocycles. The lowest BCUT2D eigenvalue weighted by Gasteiger charge is -2.29. The van der Waals surface area contributed by atoms with E-state index in [1.807, 2.05) is 12.1 Å². The molecule has 0 aliphatic heterocycles. The molecule has 0 amide bonds. The van der Waals surface area contributed by atoms with Crippen LogP contribution in [0.2, 0.25) is 0 Å². The van der Waals surface area contributed by atoms with E-state index in [9.17, 15) is 4.79 Å². The van der Waals surface area contributed by atoms with E-state index in [1.165, 1.54) is 56.9 Å². The van der Waals surface area contributed by atoms with Gasteiger partial charge in [-0.2, -0.15) is 0 Å². The topological polar surface area (TPSA) is 17.1 Å². The lowest BCUT2D eigenvalue weighted by atomic mass is 9.77. The summed E-state index contributed by atoms with van der Waals surface area (Å²) in [6.45, 7) is 2.27. The maximum atomic E-state index is 11.1. The number of rotatable bonds is 6. The summed E-state index contributed by atoms with van der Waals surface area (Å²) in [6.07, 6.45) is 10.8. The molecular weight excluding hydrogens is 268 g/mol. The zero-order valence-electron chi connectivity index (χ0n) is 12.4. The van der Waals surface area contributed by atoms with Crippen LogP contribution in [0, 0.1) is 5.92 Å². The number of unbranched alkanes of at least 4 members (excludes halogenated alkanes) is 2. The zero-order valence-corrected chi connectivity index (χ0v) is 13.2. The Hall–Kier alpha value is -0.820. The van der Waals surface area contributed by atoms with Crippen molar-refractivity contribution < 1.29 is 4.79 Å². The Balaban J connectivity index is 1.82. The molecule has 0 spiro atoms. The quantitative estimate of drug-likeness (QED) is 0.470. The third-order valence-corrected chi connectivity index (χ3v) is 4.89. The first-order valence-corrected chi connectivity index (χ1v) is 8.38. The fourth-order valence-electron chi connectivity index (χ4n) is 3.35. The van der Waals surface area contributed by atoms with Crippen LogP contribution in [0.25, 0.3) is 0 Å². The van der Waals surface area contributed by atoms with Crippen LogP contribution < -0.4 is 0 Å². The zero-order chi connectivity index (χ0) is 14.4. The van der Waals surface area contributed by atoms with Crippen LogP contribution in [0.5, 0.6) is 0 Å². The lowest BCUT2D eigenvalue weighted by molar-refractivity contribution is 0.108. The van der Waals surface area contributed by atoms with E-state index in [2.05, 4.69) is 19.1 Å². The SMILES string of the molecule is CCCCC[C@H]1CC[C@H](c2ccc(C(=O)Cl)cc2)CC1. The number of hydrogen-bond acceptors (Lipinski definition) is 1. The molecule has 1 nitrogen and oxygen atoms in total. The monoisotopic (exact) mass is 292 g/mol. The highest BCUT2D eigenvalue weighted by molar-refractivity contribution is 6.67. The van der Waals surface area contributed by atoms with E-state index in [0.717, 1.165) is 5.92 Å². The molecule has 20 heavy (non-hydrogen) atoms. The molecule has 1 fully saturated rings. The van der Waals surface area contributed by atoms with Gasteiger partial charge in [0.05, 0.1) is 0 Å². The van der Waals surface area contributed by atoms with Crippen LogP contribution in [0.3, 0.4) is 0 Å². The van der Waals surface area contributed by atoms with Crippen LogP contribution in [0.15, 0.2) is 24.3 Å². The Morgan fingerprint density at radius 2 is 1.75 bits per heavy atom. The maximum absolute atomic E-state index is 11.1. The third kappa shape index (κ3) is 4.34.